The maximum absolute atomic E-state index is 12.5. The molecule has 0 aliphatic rings. The summed E-state index contributed by atoms with van der Waals surface area (Å²) in [5.41, 5.74) is 0.414. The van der Waals surface area contributed by atoms with Crippen molar-refractivity contribution in [2.75, 3.05) is 0 Å². The number of carboxylic acids is 1. The summed E-state index contributed by atoms with van der Waals surface area (Å²) in [4.78, 5) is 36.6. The van der Waals surface area contributed by atoms with Crippen LogP contribution in [-0.2, 0) is 11.3 Å². The Morgan fingerprint density at radius 3 is 2.31 bits per heavy atom. The SMILES string of the molecule is CC(C)C(NC(=O)c1ccc(Cl)cc1)C(=O)NCc1ccc(C(=O)O)s1. The van der Waals surface area contributed by atoms with Gasteiger partial charge in [0.2, 0.25) is 5.91 Å². The normalized spacial score (nSPS) is 11.8. The third kappa shape index (κ3) is 5.31. The molecule has 0 saturated heterocycles. The minimum absolute atomic E-state index is 0.121. The Kier molecular flexibility index (Phi) is 6.76. The third-order valence-electron chi connectivity index (χ3n) is 3.65. The van der Waals surface area contributed by atoms with E-state index in [0.29, 0.717) is 10.6 Å². The highest BCUT2D eigenvalue weighted by atomic mass is 35.5. The highest BCUT2D eigenvalue weighted by Gasteiger charge is 2.24. The number of carboxylic acid groups (broad SMARTS) is 1. The number of aromatic carboxylic acids is 1. The fraction of sp³-hybridized carbons (Fsp3) is 0.278. The lowest BCUT2D eigenvalue weighted by molar-refractivity contribution is -0.124. The van der Waals surface area contributed by atoms with Crippen molar-refractivity contribution in [1.82, 2.24) is 10.6 Å². The van der Waals surface area contributed by atoms with E-state index < -0.39 is 12.0 Å². The average Bonchev–Trinajstić information content (AvgIpc) is 3.07. The zero-order chi connectivity index (χ0) is 19.3. The molecule has 0 bridgehead atoms. The second-order valence-corrected chi connectivity index (χ2v) is 7.60. The van der Waals surface area contributed by atoms with Crippen LogP contribution in [-0.4, -0.2) is 28.9 Å². The molecule has 2 amide bonds. The number of benzene rings is 1. The molecule has 138 valence electrons. The highest BCUT2D eigenvalue weighted by Crippen LogP contribution is 2.16. The summed E-state index contributed by atoms with van der Waals surface area (Å²) in [6.45, 7) is 3.87. The summed E-state index contributed by atoms with van der Waals surface area (Å²) in [7, 11) is 0. The van der Waals surface area contributed by atoms with Gasteiger partial charge in [0.05, 0.1) is 6.54 Å². The molecule has 0 aliphatic heterocycles. The van der Waals surface area contributed by atoms with Gasteiger partial charge in [-0.25, -0.2) is 4.79 Å². The number of carbonyl (C=O) groups is 3. The number of rotatable bonds is 7. The van der Waals surface area contributed by atoms with Crippen LogP contribution in [0.2, 0.25) is 5.02 Å². The first-order valence-electron chi connectivity index (χ1n) is 7.94. The summed E-state index contributed by atoms with van der Waals surface area (Å²) in [5, 5.41) is 14.9. The topological polar surface area (TPSA) is 95.5 Å². The molecule has 1 unspecified atom stereocenters. The van der Waals surface area contributed by atoms with Crippen molar-refractivity contribution in [3.63, 3.8) is 0 Å². The van der Waals surface area contributed by atoms with Gasteiger partial charge in [-0.3, -0.25) is 9.59 Å². The Labute approximate surface area is 160 Å². The summed E-state index contributed by atoms with van der Waals surface area (Å²) in [6.07, 6.45) is 0. The smallest absolute Gasteiger partial charge is 0.345 e. The Hall–Kier alpha value is -2.38. The van der Waals surface area contributed by atoms with Crippen molar-refractivity contribution in [1.29, 1.82) is 0 Å². The van der Waals surface area contributed by atoms with E-state index in [0.717, 1.165) is 16.2 Å². The van der Waals surface area contributed by atoms with Crippen LogP contribution in [0.1, 0.15) is 38.8 Å². The van der Waals surface area contributed by atoms with E-state index in [9.17, 15) is 14.4 Å². The molecule has 8 heteroatoms. The summed E-state index contributed by atoms with van der Waals surface area (Å²) >= 11 is 6.91. The lowest BCUT2D eigenvalue weighted by Crippen LogP contribution is -2.49. The van der Waals surface area contributed by atoms with Gasteiger partial charge >= 0.3 is 5.97 Å². The van der Waals surface area contributed by atoms with Gasteiger partial charge in [0, 0.05) is 15.5 Å². The van der Waals surface area contributed by atoms with Gasteiger partial charge in [-0.2, -0.15) is 0 Å². The molecular formula is C18H19ClN2O4S. The molecule has 2 aromatic rings. The molecule has 0 aliphatic carbocycles. The molecule has 0 radical (unpaired) electrons. The van der Waals surface area contributed by atoms with Crippen LogP contribution in [0.5, 0.6) is 0 Å². The fourth-order valence-corrected chi connectivity index (χ4v) is 3.15. The van der Waals surface area contributed by atoms with Gasteiger partial charge in [-0.1, -0.05) is 25.4 Å². The Morgan fingerprint density at radius 2 is 1.77 bits per heavy atom. The summed E-state index contributed by atoms with van der Waals surface area (Å²) in [6, 6.07) is 8.84. The number of nitrogens with one attached hydrogen (secondary N) is 2. The van der Waals surface area contributed by atoms with Gasteiger partial charge in [0.15, 0.2) is 0 Å². The van der Waals surface area contributed by atoms with Crippen molar-refractivity contribution >= 4 is 40.7 Å². The van der Waals surface area contributed by atoms with Gasteiger partial charge in [-0.05, 0) is 42.3 Å². The van der Waals surface area contributed by atoms with E-state index in [1.54, 1.807) is 30.3 Å². The second kappa shape index (κ2) is 8.82. The number of carbonyl (C=O) groups excluding carboxylic acids is 2. The van der Waals surface area contributed by atoms with E-state index >= 15 is 0 Å². The molecule has 0 saturated carbocycles. The summed E-state index contributed by atoms with van der Waals surface area (Å²) < 4.78 is 0. The minimum atomic E-state index is -0.997. The maximum atomic E-state index is 12.5. The van der Waals surface area contributed by atoms with Crippen LogP contribution in [0.3, 0.4) is 0 Å². The van der Waals surface area contributed by atoms with E-state index in [1.165, 1.54) is 6.07 Å². The number of thiophene rings is 1. The maximum Gasteiger partial charge on any atom is 0.345 e. The number of hydrogen-bond acceptors (Lipinski definition) is 4. The lowest BCUT2D eigenvalue weighted by Gasteiger charge is -2.21. The van der Waals surface area contributed by atoms with Gasteiger partial charge in [0.1, 0.15) is 10.9 Å². The fourth-order valence-electron chi connectivity index (χ4n) is 2.23. The van der Waals surface area contributed by atoms with E-state index in [-0.39, 0.29) is 29.2 Å². The first kappa shape index (κ1) is 19.9. The molecule has 1 atom stereocenters. The van der Waals surface area contributed by atoms with Gasteiger partial charge in [-0.15, -0.1) is 11.3 Å². The van der Waals surface area contributed by atoms with Crippen LogP contribution in [0.25, 0.3) is 0 Å². The molecule has 2 rings (SSSR count). The van der Waals surface area contributed by atoms with Crippen LogP contribution in [0.4, 0.5) is 0 Å². The quantitative estimate of drug-likeness (QED) is 0.672. The predicted octanol–water partition coefficient (Wildman–Crippen LogP) is 3.17. The van der Waals surface area contributed by atoms with E-state index in [2.05, 4.69) is 10.6 Å². The van der Waals surface area contributed by atoms with Crippen molar-refractivity contribution in [2.45, 2.75) is 26.4 Å². The van der Waals surface area contributed by atoms with Crippen LogP contribution < -0.4 is 10.6 Å². The van der Waals surface area contributed by atoms with Crippen molar-refractivity contribution in [2.24, 2.45) is 5.92 Å². The average molecular weight is 395 g/mol. The standard InChI is InChI=1S/C18H19ClN2O4S/c1-10(2)15(21-16(22)11-3-5-12(19)6-4-11)17(23)20-9-13-7-8-14(26-13)18(24)25/h3-8,10,15H,9H2,1-2H3,(H,20,23)(H,21,22)(H,24,25). The molecule has 0 fully saturated rings. The first-order chi connectivity index (χ1) is 12.3. The van der Waals surface area contributed by atoms with Crippen molar-refractivity contribution in [3.05, 3.63) is 56.7 Å². The molecule has 3 N–H and O–H groups in total. The monoisotopic (exact) mass is 394 g/mol. The number of hydrogen-bond donors (Lipinski definition) is 3. The number of amides is 2. The van der Waals surface area contributed by atoms with Crippen molar-refractivity contribution in [3.8, 4) is 0 Å². The van der Waals surface area contributed by atoms with Gasteiger partial charge in [0.25, 0.3) is 5.91 Å². The Balaban J connectivity index is 1.98. The van der Waals surface area contributed by atoms with Crippen molar-refractivity contribution < 1.29 is 19.5 Å². The Morgan fingerprint density at radius 1 is 1.12 bits per heavy atom. The minimum Gasteiger partial charge on any atom is -0.477 e. The zero-order valence-corrected chi connectivity index (χ0v) is 15.9. The van der Waals surface area contributed by atoms with Gasteiger partial charge < -0.3 is 15.7 Å². The second-order valence-electron chi connectivity index (χ2n) is 5.99. The first-order valence-corrected chi connectivity index (χ1v) is 9.13. The van der Waals surface area contributed by atoms with E-state index in [1.807, 2.05) is 13.8 Å². The molecular weight excluding hydrogens is 376 g/mol. The Bertz CT molecular complexity index is 802. The zero-order valence-electron chi connectivity index (χ0n) is 14.3. The summed E-state index contributed by atoms with van der Waals surface area (Å²) in [5.74, 6) is -1.81. The predicted molar refractivity (Wildman–Crippen MR) is 101 cm³/mol. The largest absolute Gasteiger partial charge is 0.477 e. The third-order valence-corrected chi connectivity index (χ3v) is 4.98. The molecule has 6 nitrogen and oxygen atoms in total. The molecule has 1 aromatic heterocycles. The van der Waals surface area contributed by atoms with E-state index in [4.69, 9.17) is 16.7 Å². The molecule has 26 heavy (non-hydrogen) atoms. The number of halogens is 1. The molecule has 0 spiro atoms. The molecule has 1 aromatic carbocycles. The van der Waals surface area contributed by atoms with Crippen LogP contribution in [0, 0.1) is 5.92 Å². The lowest BCUT2D eigenvalue weighted by atomic mass is 10.0. The van der Waals surface area contributed by atoms with Crippen LogP contribution >= 0.6 is 22.9 Å². The highest BCUT2D eigenvalue weighted by molar-refractivity contribution is 7.13. The molecule has 1 heterocycles. The van der Waals surface area contributed by atoms with Crippen LogP contribution in [0.15, 0.2) is 36.4 Å².